The van der Waals surface area contributed by atoms with Gasteiger partial charge in [-0.2, -0.15) is 0 Å². The van der Waals surface area contributed by atoms with Gasteiger partial charge in [-0.15, -0.1) is 0 Å². The summed E-state index contributed by atoms with van der Waals surface area (Å²) in [6, 6.07) is 0. The van der Waals surface area contributed by atoms with Gasteiger partial charge in [0.25, 0.3) is 0 Å². The number of carbonyl (C=O) groups is 2. The number of hydrogen-bond donors (Lipinski definition) is 1. The van der Waals surface area contributed by atoms with Crippen molar-refractivity contribution in [1.29, 1.82) is 0 Å². The largest absolute Gasteiger partial charge is 0.462 e. The number of aliphatic hydroxyl groups excluding tert-OH is 1. The van der Waals surface area contributed by atoms with Crippen LogP contribution >= 0.6 is 0 Å². The van der Waals surface area contributed by atoms with Crippen LogP contribution in [0.1, 0.15) is 129 Å². The van der Waals surface area contributed by atoms with E-state index in [-0.39, 0.29) is 32.0 Å². The van der Waals surface area contributed by atoms with Gasteiger partial charge in [0.1, 0.15) is 6.61 Å². The second kappa shape index (κ2) is 39.7. The Bertz CT molecular complexity index is 1100. The number of rotatable bonds is 32. The van der Waals surface area contributed by atoms with Crippen molar-refractivity contribution >= 4 is 11.9 Å². The van der Waals surface area contributed by atoms with Gasteiger partial charge in [-0.25, -0.2) is 0 Å². The van der Waals surface area contributed by atoms with Gasteiger partial charge >= 0.3 is 11.9 Å². The summed E-state index contributed by atoms with van der Waals surface area (Å²) in [5.41, 5.74) is 0. The van der Waals surface area contributed by atoms with Crippen molar-refractivity contribution in [2.24, 2.45) is 0 Å². The van der Waals surface area contributed by atoms with Crippen molar-refractivity contribution in [1.82, 2.24) is 0 Å². The highest BCUT2D eigenvalue weighted by molar-refractivity contribution is 5.70. The summed E-state index contributed by atoms with van der Waals surface area (Å²) >= 11 is 0. The van der Waals surface area contributed by atoms with Crippen LogP contribution in [0.3, 0.4) is 0 Å². The monoisotopic (exact) mass is 689 g/mol. The van der Waals surface area contributed by atoms with Gasteiger partial charge in [0.15, 0.2) is 6.10 Å². The Morgan fingerprint density at radius 3 is 1.30 bits per heavy atom. The third-order valence-electron chi connectivity index (χ3n) is 7.25. The van der Waals surface area contributed by atoms with E-state index in [0.29, 0.717) is 12.8 Å². The van der Waals surface area contributed by atoms with Crippen LogP contribution in [0.15, 0.2) is 122 Å². The minimum atomic E-state index is -0.842. The minimum absolute atomic E-state index is 0.134. The molecular formula is C45H68O5. The number of esters is 2. The third-order valence-corrected chi connectivity index (χ3v) is 7.25. The number of hydrogen-bond acceptors (Lipinski definition) is 5. The van der Waals surface area contributed by atoms with Gasteiger partial charge in [-0.3, -0.25) is 9.59 Å². The van der Waals surface area contributed by atoms with Crippen LogP contribution in [0.25, 0.3) is 0 Å². The Kier molecular flexibility index (Phi) is 36.8. The summed E-state index contributed by atoms with van der Waals surface area (Å²) < 4.78 is 10.5. The van der Waals surface area contributed by atoms with Crippen LogP contribution in [0.5, 0.6) is 0 Å². The normalized spacial score (nSPS) is 13.6. The van der Waals surface area contributed by atoms with Crippen molar-refractivity contribution in [3.63, 3.8) is 0 Å². The fraction of sp³-hybridized carbons (Fsp3) is 0.511. The first kappa shape index (κ1) is 46.3. The predicted molar refractivity (Wildman–Crippen MR) is 214 cm³/mol. The van der Waals surface area contributed by atoms with Crippen LogP contribution in [0.4, 0.5) is 0 Å². The summed E-state index contributed by atoms with van der Waals surface area (Å²) in [6.45, 7) is 3.85. The number of aliphatic hydroxyl groups is 1. The molecule has 5 heteroatoms. The molecule has 0 unspecified atom stereocenters. The summed E-state index contributed by atoms with van der Waals surface area (Å²) in [6.07, 6.45) is 58.4. The SMILES string of the molecule is CC/C=C\C/C=C\C/C=C\C/C=C\C/C=C\C/C=C\CCC(=O)O[C@@H](CO)COC(=O)CCC/C=C\C/C=C\C/C=C\C/C=C\CCCCC. The highest BCUT2D eigenvalue weighted by atomic mass is 16.6. The van der Waals surface area contributed by atoms with E-state index in [2.05, 4.69) is 123 Å². The molecule has 0 aliphatic carbocycles. The molecule has 278 valence electrons. The van der Waals surface area contributed by atoms with E-state index in [1.807, 2.05) is 12.2 Å². The first-order chi connectivity index (χ1) is 24.6. The summed E-state index contributed by atoms with van der Waals surface area (Å²) in [5.74, 6) is -0.770. The molecule has 1 atom stereocenters. The number of carbonyl (C=O) groups excluding carboxylic acids is 2. The lowest BCUT2D eigenvalue weighted by atomic mass is 10.2. The lowest BCUT2D eigenvalue weighted by Crippen LogP contribution is -2.28. The molecule has 0 spiro atoms. The molecule has 1 N–H and O–H groups in total. The van der Waals surface area contributed by atoms with E-state index >= 15 is 0 Å². The third kappa shape index (κ3) is 37.1. The molecule has 50 heavy (non-hydrogen) atoms. The molecule has 0 fully saturated rings. The molecule has 0 aromatic carbocycles. The van der Waals surface area contributed by atoms with E-state index in [1.54, 1.807) is 0 Å². The molecule has 0 saturated carbocycles. The molecule has 0 aromatic heterocycles. The van der Waals surface area contributed by atoms with Crippen molar-refractivity contribution in [2.45, 2.75) is 136 Å². The van der Waals surface area contributed by atoms with E-state index in [1.165, 1.54) is 25.7 Å². The van der Waals surface area contributed by atoms with Gasteiger partial charge in [-0.05, 0) is 89.9 Å². The fourth-order valence-corrected chi connectivity index (χ4v) is 4.39. The van der Waals surface area contributed by atoms with Crippen molar-refractivity contribution < 1.29 is 24.2 Å². The summed E-state index contributed by atoms with van der Waals surface area (Å²) in [5, 5.41) is 9.53. The van der Waals surface area contributed by atoms with Crippen molar-refractivity contribution in [3.05, 3.63) is 122 Å². The van der Waals surface area contributed by atoms with Crippen LogP contribution in [0, 0.1) is 0 Å². The number of allylic oxidation sites excluding steroid dienone is 20. The maximum Gasteiger partial charge on any atom is 0.306 e. The molecule has 0 rings (SSSR count). The highest BCUT2D eigenvalue weighted by Gasteiger charge is 2.15. The minimum Gasteiger partial charge on any atom is -0.462 e. The average Bonchev–Trinajstić information content (AvgIpc) is 3.12. The first-order valence-corrected chi connectivity index (χ1v) is 19.1. The summed E-state index contributed by atoms with van der Waals surface area (Å²) in [4.78, 5) is 24.2. The van der Waals surface area contributed by atoms with Gasteiger partial charge in [-0.1, -0.05) is 148 Å². The Labute approximate surface area is 305 Å². The highest BCUT2D eigenvalue weighted by Crippen LogP contribution is 2.05. The smallest absolute Gasteiger partial charge is 0.306 e. The molecule has 0 bridgehead atoms. The molecule has 0 aliphatic rings. The van der Waals surface area contributed by atoms with E-state index in [4.69, 9.17) is 9.47 Å². The molecule has 0 aliphatic heterocycles. The van der Waals surface area contributed by atoms with Crippen molar-refractivity contribution in [2.75, 3.05) is 13.2 Å². The molecule has 0 aromatic rings. The van der Waals surface area contributed by atoms with Crippen LogP contribution < -0.4 is 0 Å². The van der Waals surface area contributed by atoms with Crippen LogP contribution in [-0.4, -0.2) is 36.4 Å². The fourth-order valence-electron chi connectivity index (χ4n) is 4.39. The molecule has 5 nitrogen and oxygen atoms in total. The molecule has 0 amide bonds. The molecule has 0 heterocycles. The number of ether oxygens (including phenoxy) is 2. The second-order valence-electron chi connectivity index (χ2n) is 11.9. The average molecular weight is 689 g/mol. The topological polar surface area (TPSA) is 72.8 Å². The first-order valence-electron chi connectivity index (χ1n) is 19.1. The van der Waals surface area contributed by atoms with Gasteiger partial charge in [0, 0.05) is 12.8 Å². The lowest BCUT2D eigenvalue weighted by molar-refractivity contribution is -0.161. The van der Waals surface area contributed by atoms with Gasteiger partial charge < -0.3 is 14.6 Å². The lowest BCUT2D eigenvalue weighted by Gasteiger charge is -2.15. The standard InChI is InChI=1S/C45H68O5/c1-3-5-7-9-11-13-15-17-19-21-22-24-26-28-30-32-34-36-38-40-45(48)50-43(41-46)42-49-44(47)39-37-35-33-31-29-27-25-23-20-18-16-14-12-10-8-6-4-2/h5,7,11-14,17-20,22,24-25,27-28,30-31,33-34,36,43,46H,3-4,6,8-10,15-16,21,23,26,29,32,35,37-42H2,1-2H3/b7-5-,13-11-,14-12-,19-17-,20-18-,24-22-,27-25-,30-28-,33-31-,36-34-/t43-/m0/s1. The Morgan fingerprint density at radius 1 is 0.480 bits per heavy atom. The maximum atomic E-state index is 12.1. The van der Waals surface area contributed by atoms with E-state index in [0.717, 1.165) is 64.2 Å². The molecular weight excluding hydrogens is 620 g/mol. The molecule has 0 saturated heterocycles. The zero-order valence-electron chi connectivity index (χ0n) is 31.3. The molecule has 0 radical (unpaired) electrons. The number of unbranched alkanes of at least 4 members (excludes halogenated alkanes) is 4. The van der Waals surface area contributed by atoms with E-state index in [9.17, 15) is 14.7 Å². The zero-order chi connectivity index (χ0) is 36.4. The van der Waals surface area contributed by atoms with Crippen LogP contribution in [-0.2, 0) is 19.1 Å². The predicted octanol–water partition coefficient (Wildman–Crippen LogP) is 12.1. The Balaban J connectivity index is 3.85. The van der Waals surface area contributed by atoms with Crippen molar-refractivity contribution in [3.8, 4) is 0 Å². The summed E-state index contributed by atoms with van der Waals surface area (Å²) in [7, 11) is 0. The van der Waals surface area contributed by atoms with Gasteiger partial charge in [0.05, 0.1) is 6.61 Å². The van der Waals surface area contributed by atoms with Crippen LogP contribution in [0.2, 0.25) is 0 Å². The Morgan fingerprint density at radius 2 is 0.880 bits per heavy atom. The second-order valence-corrected chi connectivity index (χ2v) is 11.9. The van der Waals surface area contributed by atoms with E-state index < -0.39 is 12.1 Å². The Hall–Kier alpha value is -3.70. The van der Waals surface area contributed by atoms with Gasteiger partial charge in [0.2, 0.25) is 0 Å². The zero-order valence-corrected chi connectivity index (χ0v) is 31.3. The maximum absolute atomic E-state index is 12.1. The quantitative estimate of drug-likeness (QED) is 0.0433.